The van der Waals surface area contributed by atoms with E-state index in [-0.39, 0.29) is 16.6 Å². The number of nitrogens with two attached hydrogens (primary N) is 1. The number of carbonyl (C=O) groups is 1. The van der Waals surface area contributed by atoms with E-state index in [1.807, 2.05) is 22.6 Å². The monoisotopic (exact) mass is 369 g/mol. The van der Waals surface area contributed by atoms with Crippen LogP contribution in [0.4, 0.5) is 0 Å². The molecule has 1 aromatic carbocycles. The van der Waals surface area contributed by atoms with Crippen LogP contribution in [-0.2, 0) is 14.8 Å². The Bertz CT molecular complexity index is 539. The van der Waals surface area contributed by atoms with Crippen molar-refractivity contribution >= 4 is 38.6 Å². The van der Waals surface area contributed by atoms with Crippen molar-refractivity contribution < 1.29 is 17.9 Å². The third kappa shape index (κ3) is 3.93. The molecule has 7 heteroatoms. The number of benzene rings is 1. The van der Waals surface area contributed by atoms with Crippen LogP contribution in [0.5, 0.6) is 0 Å². The van der Waals surface area contributed by atoms with Gasteiger partial charge < -0.3 is 4.74 Å². The van der Waals surface area contributed by atoms with Crippen LogP contribution in [0, 0.1) is 3.57 Å². The average molecular weight is 369 g/mol. The van der Waals surface area contributed by atoms with Gasteiger partial charge in [0.05, 0.1) is 16.6 Å². The SMILES string of the molecule is CC(C)OC(=O)c1cc(I)ccc1S(N)(=O)=O. The summed E-state index contributed by atoms with van der Waals surface area (Å²) in [5.41, 5.74) is -0.0342. The van der Waals surface area contributed by atoms with Crippen molar-refractivity contribution in [2.45, 2.75) is 24.8 Å². The van der Waals surface area contributed by atoms with Gasteiger partial charge in [-0.05, 0) is 54.6 Å². The fourth-order valence-electron chi connectivity index (χ4n) is 1.19. The number of hydrogen-bond acceptors (Lipinski definition) is 4. The summed E-state index contributed by atoms with van der Waals surface area (Å²) in [5.74, 6) is -0.692. The maximum atomic E-state index is 11.7. The van der Waals surface area contributed by atoms with Gasteiger partial charge in [-0.1, -0.05) is 0 Å². The molecule has 0 radical (unpaired) electrons. The lowest BCUT2D eigenvalue weighted by Gasteiger charge is -2.11. The van der Waals surface area contributed by atoms with Gasteiger partial charge in [0.1, 0.15) is 0 Å². The fraction of sp³-hybridized carbons (Fsp3) is 0.300. The predicted molar refractivity (Wildman–Crippen MR) is 71.1 cm³/mol. The number of primary sulfonamides is 1. The average Bonchev–Trinajstić information content (AvgIpc) is 2.14. The highest BCUT2D eigenvalue weighted by atomic mass is 127. The minimum Gasteiger partial charge on any atom is -0.459 e. The summed E-state index contributed by atoms with van der Waals surface area (Å²) in [4.78, 5) is 11.5. The first-order valence-corrected chi connectivity index (χ1v) is 7.37. The summed E-state index contributed by atoms with van der Waals surface area (Å²) in [6.45, 7) is 3.37. The smallest absolute Gasteiger partial charge is 0.339 e. The zero-order chi connectivity index (χ0) is 13.2. The van der Waals surface area contributed by atoms with Crippen molar-refractivity contribution in [1.29, 1.82) is 0 Å². The van der Waals surface area contributed by atoms with Crippen LogP contribution in [0.2, 0.25) is 0 Å². The fourth-order valence-corrected chi connectivity index (χ4v) is 2.39. The summed E-state index contributed by atoms with van der Waals surface area (Å²) >= 11 is 1.97. The molecule has 0 aliphatic rings. The number of halogens is 1. The molecule has 0 aliphatic carbocycles. The Balaban J connectivity index is 3.31. The predicted octanol–water partition coefficient (Wildman–Crippen LogP) is 1.50. The van der Waals surface area contributed by atoms with Gasteiger partial charge in [-0.15, -0.1) is 0 Å². The normalized spacial score (nSPS) is 11.6. The van der Waals surface area contributed by atoms with Gasteiger partial charge in [0.2, 0.25) is 10.0 Å². The topological polar surface area (TPSA) is 86.5 Å². The first-order chi connectivity index (χ1) is 7.71. The molecule has 0 unspecified atom stereocenters. The largest absolute Gasteiger partial charge is 0.459 e. The van der Waals surface area contributed by atoms with Crippen LogP contribution in [0.3, 0.4) is 0 Å². The van der Waals surface area contributed by atoms with E-state index >= 15 is 0 Å². The molecule has 0 aromatic heterocycles. The van der Waals surface area contributed by atoms with Gasteiger partial charge in [-0.2, -0.15) is 0 Å². The number of hydrogen-bond donors (Lipinski definition) is 1. The molecular weight excluding hydrogens is 357 g/mol. The van der Waals surface area contributed by atoms with Gasteiger partial charge >= 0.3 is 5.97 Å². The second-order valence-electron chi connectivity index (χ2n) is 3.64. The summed E-state index contributed by atoms with van der Waals surface area (Å²) < 4.78 is 28.3. The van der Waals surface area contributed by atoms with Crippen molar-refractivity contribution in [3.63, 3.8) is 0 Å². The van der Waals surface area contributed by atoms with Gasteiger partial charge in [-0.3, -0.25) is 0 Å². The minimum atomic E-state index is -3.94. The molecule has 0 amide bonds. The molecule has 2 N–H and O–H groups in total. The van der Waals surface area contributed by atoms with Crippen molar-refractivity contribution in [3.05, 3.63) is 27.3 Å². The van der Waals surface area contributed by atoms with Crippen LogP contribution in [-0.4, -0.2) is 20.5 Å². The first kappa shape index (κ1) is 14.4. The first-order valence-electron chi connectivity index (χ1n) is 4.75. The highest BCUT2D eigenvalue weighted by Crippen LogP contribution is 2.19. The Labute approximate surface area is 114 Å². The number of esters is 1. The second-order valence-corrected chi connectivity index (χ2v) is 6.42. The molecule has 0 bridgehead atoms. The Morgan fingerprint density at radius 3 is 2.47 bits per heavy atom. The standard InChI is InChI=1S/C10H12INO4S/c1-6(2)16-10(13)8-5-7(11)3-4-9(8)17(12,14)15/h3-6H,1-2H3,(H2,12,14,15). The molecule has 0 fully saturated rings. The summed E-state index contributed by atoms with van der Waals surface area (Å²) in [5, 5.41) is 5.04. The van der Waals surface area contributed by atoms with Crippen LogP contribution >= 0.6 is 22.6 Å². The maximum absolute atomic E-state index is 11.7. The van der Waals surface area contributed by atoms with Crippen molar-refractivity contribution in [2.75, 3.05) is 0 Å². The lowest BCUT2D eigenvalue weighted by Crippen LogP contribution is -2.19. The Morgan fingerprint density at radius 1 is 1.41 bits per heavy atom. The number of carbonyl (C=O) groups excluding carboxylic acids is 1. The molecule has 17 heavy (non-hydrogen) atoms. The summed E-state index contributed by atoms with van der Waals surface area (Å²) in [6, 6.07) is 4.30. The molecule has 0 aliphatic heterocycles. The molecule has 0 saturated heterocycles. The molecule has 0 saturated carbocycles. The van der Waals surface area contributed by atoms with Crippen LogP contribution in [0.25, 0.3) is 0 Å². The second kappa shape index (κ2) is 5.32. The lowest BCUT2D eigenvalue weighted by molar-refractivity contribution is 0.0373. The molecule has 0 atom stereocenters. The maximum Gasteiger partial charge on any atom is 0.339 e. The Morgan fingerprint density at radius 2 is 2.00 bits per heavy atom. The molecule has 1 aromatic rings. The number of sulfonamides is 1. The lowest BCUT2D eigenvalue weighted by atomic mass is 10.2. The zero-order valence-electron chi connectivity index (χ0n) is 9.31. The third-order valence-corrected chi connectivity index (χ3v) is 3.45. The molecule has 0 spiro atoms. The zero-order valence-corrected chi connectivity index (χ0v) is 12.3. The van der Waals surface area contributed by atoms with Gasteiger partial charge in [0, 0.05) is 3.57 Å². The van der Waals surface area contributed by atoms with E-state index in [1.165, 1.54) is 12.1 Å². The molecule has 0 heterocycles. The van der Waals surface area contributed by atoms with Crippen LogP contribution < -0.4 is 5.14 Å². The summed E-state index contributed by atoms with van der Waals surface area (Å²) in [7, 11) is -3.94. The van der Waals surface area contributed by atoms with Crippen molar-refractivity contribution in [3.8, 4) is 0 Å². The minimum absolute atomic E-state index is 0.0342. The van der Waals surface area contributed by atoms with Gasteiger partial charge in [-0.25, -0.2) is 18.4 Å². The van der Waals surface area contributed by atoms with E-state index in [9.17, 15) is 13.2 Å². The Hall–Kier alpha value is -0.670. The van der Waals surface area contributed by atoms with E-state index in [0.29, 0.717) is 0 Å². The van der Waals surface area contributed by atoms with E-state index in [0.717, 1.165) is 3.57 Å². The highest BCUT2D eigenvalue weighted by Gasteiger charge is 2.21. The van der Waals surface area contributed by atoms with Crippen molar-refractivity contribution in [2.24, 2.45) is 5.14 Å². The number of ether oxygens (including phenoxy) is 1. The van der Waals surface area contributed by atoms with Gasteiger partial charge in [0.25, 0.3) is 0 Å². The van der Waals surface area contributed by atoms with Gasteiger partial charge in [0.15, 0.2) is 0 Å². The number of rotatable bonds is 3. The highest BCUT2D eigenvalue weighted by molar-refractivity contribution is 14.1. The third-order valence-electron chi connectivity index (χ3n) is 1.81. The van der Waals surface area contributed by atoms with E-state index in [1.54, 1.807) is 19.9 Å². The quantitative estimate of drug-likeness (QED) is 0.646. The Kier molecular flexibility index (Phi) is 4.50. The van der Waals surface area contributed by atoms with E-state index < -0.39 is 16.0 Å². The van der Waals surface area contributed by atoms with Crippen LogP contribution in [0.15, 0.2) is 23.1 Å². The van der Waals surface area contributed by atoms with E-state index in [4.69, 9.17) is 9.88 Å². The van der Waals surface area contributed by atoms with Crippen LogP contribution in [0.1, 0.15) is 24.2 Å². The summed E-state index contributed by atoms with van der Waals surface area (Å²) in [6.07, 6.45) is -0.325. The molecule has 5 nitrogen and oxygen atoms in total. The molecular formula is C10H12INO4S. The molecule has 94 valence electrons. The molecule has 1 rings (SSSR count). The van der Waals surface area contributed by atoms with Crippen molar-refractivity contribution in [1.82, 2.24) is 0 Å². The van der Waals surface area contributed by atoms with E-state index in [2.05, 4.69) is 0 Å².